The molecule has 2 aromatic carbocycles. The van der Waals surface area contributed by atoms with Crippen molar-refractivity contribution >= 4 is 23.6 Å². The monoisotopic (exact) mass is 414 g/mol. The van der Waals surface area contributed by atoms with Gasteiger partial charge in [-0.25, -0.2) is 0 Å². The van der Waals surface area contributed by atoms with Crippen molar-refractivity contribution < 1.29 is 19.1 Å². The third-order valence-corrected chi connectivity index (χ3v) is 5.57. The predicted molar refractivity (Wildman–Crippen MR) is 114 cm³/mol. The number of rotatable bonds is 7. The molecule has 7 heteroatoms. The molecular weight excluding hydrogens is 388 g/mol. The van der Waals surface area contributed by atoms with Gasteiger partial charge in [0.1, 0.15) is 13.2 Å². The Hall–Kier alpha value is -2.67. The second kappa shape index (κ2) is 9.69. The summed E-state index contributed by atoms with van der Waals surface area (Å²) in [6, 6.07) is 13.2. The summed E-state index contributed by atoms with van der Waals surface area (Å²) in [7, 11) is 3.46. The SMILES string of the molecule is CCN(Cc1ccc(C(=O)N(C)C)cc1)C(=O)CSc1ccc2c(c1)OCCO2. The fourth-order valence-electron chi connectivity index (χ4n) is 2.96. The van der Waals surface area contributed by atoms with Gasteiger partial charge in [-0.2, -0.15) is 0 Å². The van der Waals surface area contributed by atoms with Gasteiger partial charge >= 0.3 is 0 Å². The van der Waals surface area contributed by atoms with E-state index < -0.39 is 0 Å². The molecule has 0 aliphatic carbocycles. The first-order chi connectivity index (χ1) is 14.0. The number of fused-ring (bicyclic) bond motifs is 1. The smallest absolute Gasteiger partial charge is 0.253 e. The number of thioether (sulfide) groups is 1. The van der Waals surface area contributed by atoms with Gasteiger partial charge in [0.2, 0.25) is 5.91 Å². The van der Waals surface area contributed by atoms with E-state index in [9.17, 15) is 9.59 Å². The van der Waals surface area contributed by atoms with Crippen molar-refractivity contribution in [2.24, 2.45) is 0 Å². The summed E-state index contributed by atoms with van der Waals surface area (Å²) in [5, 5.41) is 0. The molecular formula is C22H26N2O4S. The first-order valence-corrected chi connectivity index (χ1v) is 10.6. The number of hydrogen-bond acceptors (Lipinski definition) is 5. The summed E-state index contributed by atoms with van der Waals surface area (Å²) < 4.78 is 11.1. The van der Waals surface area contributed by atoms with Crippen molar-refractivity contribution in [2.75, 3.05) is 39.6 Å². The summed E-state index contributed by atoms with van der Waals surface area (Å²) in [5.41, 5.74) is 1.64. The molecule has 3 rings (SSSR count). The normalized spacial score (nSPS) is 12.4. The highest BCUT2D eigenvalue weighted by molar-refractivity contribution is 8.00. The van der Waals surface area contributed by atoms with Crippen molar-refractivity contribution in [3.05, 3.63) is 53.6 Å². The highest BCUT2D eigenvalue weighted by Crippen LogP contribution is 2.34. The van der Waals surface area contributed by atoms with Crippen LogP contribution in [-0.4, -0.2) is 61.2 Å². The van der Waals surface area contributed by atoms with Crippen LogP contribution < -0.4 is 9.47 Å². The van der Waals surface area contributed by atoms with Gasteiger partial charge in [-0.1, -0.05) is 12.1 Å². The maximum atomic E-state index is 12.7. The molecule has 2 aromatic rings. The lowest BCUT2D eigenvalue weighted by atomic mass is 10.1. The predicted octanol–water partition coefficient (Wildman–Crippen LogP) is 3.30. The lowest BCUT2D eigenvalue weighted by Crippen LogP contribution is -2.31. The van der Waals surface area contributed by atoms with E-state index in [-0.39, 0.29) is 11.8 Å². The first-order valence-electron chi connectivity index (χ1n) is 9.58. The van der Waals surface area contributed by atoms with Gasteiger partial charge in [-0.3, -0.25) is 9.59 Å². The number of ether oxygens (including phenoxy) is 2. The molecule has 2 amide bonds. The third-order valence-electron chi connectivity index (χ3n) is 4.59. The molecule has 0 spiro atoms. The Labute approximate surface area is 175 Å². The van der Waals surface area contributed by atoms with Crippen LogP contribution >= 0.6 is 11.8 Å². The zero-order valence-electron chi connectivity index (χ0n) is 17.0. The van der Waals surface area contributed by atoms with Crippen LogP contribution in [0.25, 0.3) is 0 Å². The summed E-state index contributed by atoms with van der Waals surface area (Å²) in [6.45, 7) is 4.22. The molecule has 6 nitrogen and oxygen atoms in total. The molecule has 0 unspecified atom stereocenters. The Kier molecular flexibility index (Phi) is 7.04. The van der Waals surface area contributed by atoms with Gasteiger partial charge in [-0.05, 0) is 42.8 Å². The fourth-order valence-corrected chi connectivity index (χ4v) is 3.78. The molecule has 0 N–H and O–H groups in total. The molecule has 29 heavy (non-hydrogen) atoms. The van der Waals surface area contributed by atoms with Gasteiger partial charge in [-0.15, -0.1) is 11.8 Å². The molecule has 0 bridgehead atoms. The van der Waals surface area contributed by atoms with Gasteiger partial charge in [0.15, 0.2) is 11.5 Å². The number of hydrogen-bond donors (Lipinski definition) is 0. The Morgan fingerprint density at radius 2 is 1.69 bits per heavy atom. The molecule has 1 aliphatic rings. The summed E-state index contributed by atoms with van der Waals surface area (Å²) >= 11 is 1.49. The van der Waals surface area contributed by atoms with Crippen LogP contribution in [0.2, 0.25) is 0 Å². The number of carbonyl (C=O) groups excluding carboxylic acids is 2. The lowest BCUT2D eigenvalue weighted by Gasteiger charge is -2.22. The summed E-state index contributed by atoms with van der Waals surface area (Å²) in [6.07, 6.45) is 0. The molecule has 0 fully saturated rings. The van der Waals surface area contributed by atoms with E-state index in [0.29, 0.717) is 37.6 Å². The number of benzene rings is 2. The zero-order valence-corrected chi connectivity index (χ0v) is 17.8. The lowest BCUT2D eigenvalue weighted by molar-refractivity contribution is -0.128. The molecule has 154 valence electrons. The van der Waals surface area contributed by atoms with E-state index in [1.807, 2.05) is 42.2 Å². The van der Waals surface area contributed by atoms with Crippen molar-refractivity contribution in [1.82, 2.24) is 9.80 Å². The maximum absolute atomic E-state index is 12.7. The van der Waals surface area contributed by atoms with Crippen LogP contribution in [0.3, 0.4) is 0 Å². The van der Waals surface area contributed by atoms with E-state index in [1.54, 1.807) is 31.1 Å². The minimum atomic E-state index is -0.0317. The molecule has 0 aromatic heterocycles. The Bertz CT molecular complexity index is 868. The molecule has 1 aliphatic heterocycles. The fraction of sp³-hybridized carbons (Fsp3) is 0.364. The minimum absolute atomic E-state index is 0.0317. The largest absolute Gasteiger partial charge is 0.486 e. The van der Waals surface area contributed by atoms with Crippen molar-refractivity contribution in [3.8, 4) is 11.5 Å². The first kappa shape index (κ1) is 21.0. The van der Waals surface area contributed by atoms with E-state index in [0.717, 1.165) is 22.0 Å². The molecule has 0 radical (unpaired) electrons. The second-order valence-corrected chi connectivity index (χ2v) is 7.95. The molecule has 0 atom stereocenters. The number of nitrogens with zero attached hydrogens (tertiary/aromatic N) is 2. The van der Waals surface area contributed by atoms with Gasteiger partial charge in [0, 0.05) is 37.6 Å². The molecule has 0 saturated carbocycles. The van der Waals surface area contributed by atoms with Crippen LogP contribution in [-0.2, 0) is 11.3 Å². The highest BCUT2D eigenvalue weighted by atomic mass is 32.2. The van der Waals surface area contributed by atoms with Gasteiger partial charge in [0.25, 0.3) is 5.91 Å². The topological polar surface area (TPSA) is 59.1 Å². The van der Waals surface area contributed by atoms with Crippen LogP contribution in [0.1, 0.15) is 22.8 Å². The van der Waals surface area contributed by atoms with E-state index in [2.05, 4.69) is 0 Å². The van der Waals surface area contributed by atoms with Crippen molar-refractivity contribution in [3.63, 3.8) is 0 Å². The van der Waals surface area contributed by atoms with E-state index in [4.69, 9.17) is 9.47 Å². The second-order valence-electron chi connectivity index (χ2n) is 6.90. The third kappa shape index (κ3) is 5.44. The maximum Gasteiger partial charge on any atom is 0.253 e. The standard InChI is InChI=1S/C22H26N2O4S/c1-4-24(14-16-5-7-17(8-6-16)22(26)23(2)3)21(25)15-29-18-9-10-19-20(13-18)28-12-11-27-19/h5-10,13H,4,11-12,14-15H2,1-3H3. The van der Waals surface area contributed by atoms with E-state index >= 15 is 0 Å². The summed E-state index contributed by atoms with van der Waals surface area (Å²) in [5.74, 6) is 1.87. The number of carbonyl (C=O) groups is 2. The zero-order chi connectivity index (χ0) is 20.8. The Morgan fingerprint density at radius 3 is 2.34 bits per heavy atom. The van der Waals surface area contributed by atoms with Crippen LogP contribution in [0, 0.1) is 0 Å². The number of amides is 2. The van der Waals surface area contributed by atoms with Crippen LogP contribution in [0.15, 0.2) is 47.4 Å². The van der Waals surface area contributed by atoms with Crippen LogP contribution in [0.5, 0.6) is 11.5 Å². The molecule has 1 heterocycles. The Balaban J connectivity index is 1.57. The average molecular weight is 415 g/mol. The van der Waals surface area contributed by atoms with Crippen molar-refractivity contribution in [1.29, 1.82) is 0 Å². The van der Waals surface area contributed by atoms with Gasteiger partial charge < -0.3 is 19.3 Å². The average Bonchev–Trinajstić information content (AvgIpc) is 2.75. The van der Waals surface area contributed by atoms with E-state index in [1.165, 1.54) is 11.8 Å². The Morgan fingerprint density at radius 1 is 1.00 bits per heavy atom. The van der Waals surface area contributed by atoms with Gasteiger partial charge in [0.05, 0.1) is 5.75 Å². The quantitative estimate of drug-likeness (QED) is 0.651. The highest BCUT2D eigenvalue weighted by Gasteiger charge is 2.16. The minimum Gasteiger partial charge on any atom is -0.486 e. The van der Waals surface area contributed by atoms with Crippen LogP contribution in [0.4, 0.5) is 0 Å². The molecule has 0 saturated heterocycles. The van der Waals surface area contributed by atoms with Crippen molar-refractivity contribution in [2.45, 2.75) is 18.4 Å². The summed E-state index contributed by atoms with van der Waals surface area (Å²) in [4.78, 5) is 29.0.